The van der Waals surface area contributed by atoms with E-state index in [1.165, 1.54) is 12.8 Å². The maximum absolute atomic E-state index is 11.9. The molecule has 1 atom stereocenters. The summed E-state index contributed by atoms with van der Waals surface area (Å²) in [5.41, 5.74) is 0. The normalized spacial score (nSPS) is 24.3. The molecular weight excluding hydrogens is 352 g/mol. The molecule has 142 valence electrons. The molecule has 0 aromatic carbocycles. The van der Waals surface area contributed by atoms with Crippen LogP contribution in [0.5, 0.6) is 0 Å². The van der Waals surface area contributed by atoms with Gasteiger partial charge in [0.2, 0.25) is 0 Å². The zero-order chi connectivity index (χ0) is 18.1. The summed E-state index contributed by atoms with van der Waals surface area (Å²) in [6, 6.07) is -0.0998. The van der Waals surface area contributed by atoms with E-state index in [-0.39, 0.29) is 17.5 Å². The van der Waals surface area contributed by atoms with Crippen molar-refractivity contribution in [2.45, 2.75) is 38.3 Å². The lowest BCUT2D eigenvalue weighted by atomic mass is 9.94. The first-order valence-corrected chi connectivity index (χ1v) is 11.1. The van der Waals surface area contributed by atoms with Crippen LogP contribution in [0.1, 0.15) is 37.0 Å². The van der Waals surface area contributed by atoms with Gasteiger partial charge in [0.05, 0.1) is 30.4 Å². The Morgan fingerprint density at radius 3 is 2.69 bits per heavy atom. The minimum atomic E-state index is -2.96. The molecule has 2 saturated heterocycles. The zero-order valence-corrected chi connectivity index (χ0v) is 16.0. The van der Waals surface area contributed by atoms with E-state index in [1.807, 2.05) is 15.4 Å². The van der Waals surface area contributed by atoms with Crippen LogP contribution >= 0.6 is 0 Å². The molecule has 0 bridgehead atoms. The molecule has 2 aromatic rings. The van der Waals surface area contributed by atoms with Gasteiger partial charge in [0.25, 0.3) is 0 Å². The summed E-state index contributed by atoms with van der Waals surface area (Å²) in [5.74, 6) is 2.69. The fourth-order valence-electron chi connectivity index (χ4n) is 3.93. The summed E-state index contributed by atoms with van der Waals surface area (Å²) in [6.45, 7) is 2.80. The number of likely N-dealkylation sites (tertiary alicyclic amines) is 1. The second kappa shape index (κ2) is 7.11. The van der Waals surface area contributed by atoms with Crippen molar-refractivity contribution in [3.63, 3.8) is 0 Å². The van der Waals surface area contributed by atoms with Crippen LogP contribution < -0.4 is 0 Å². The molecule has 9 heteroatoms. The van der Waals surface area contributed by atoms with Gasteiger partial charge in [-0.05, 0) is 45.3 Å². The second-order valence-electron chi connectivity index (χ2n) is 7.63. The Hall–Kier alpha value is -1.74. The third-order valence-corrected chi connectivity index (χ3v) is 7.24. The van der Waals surface area contributed by atoms with E-state index >= 15 is 0 Å². The van der Waals surface area contributed by atoms with Crippen LogP contribution in [0.2, 0.25) is 0 Å². The Morgan fingerprint density at radius 1 is 1.23 bits per heavy atom. The summed E-state index contributed by atoms with van der Waals surface area (Å²) < 4.78 is 27.6. The Balaban J connectivity index is 1.55. The number of hydrogen-bond donors (Lipinski definition) is 0. The largest absolute Gasteiger partial charge is 0.330 e. The van der Waals surface area contributed by atoms with Gasteiger partial charge >= 0.3 is 0 Å². The molecule has 0 aliphatic carbocycles. The molecule has 0 saturated carbocycles. The summed E-state index contributed by atoms with van der Waals surface area (Å²) >= 11 is 0. The zero-order valence-electron chi connectivity index (χ0n) is 15.2. The van der Waals surface area contributed by atoms with E-state index in [2.05, 4.69) is 16.9 Å². The van der Waals surface area contributed by atoms with Crippen LogP contribution in [0.4, 0.5) is 0 Å². The number of nitrogens with zero attached hydrogens (tertiary/aromatic N) is 6. The highest BCUT2D eigenvalue weighted by molar-refractivity contribution is 7.91. The van der Waals surface area contributed by atoms with Crippen LogP contribution in [0.25, 0.3) is 0 Å². The molecular formula is C17H26N6O2S. The van der Waals surface area contributed by atoms with Crippen LogP contribution in [-0.2, 0) is 22.8 Å². The third-order valence-electron chi connectivity index (χ3n) is 5.49. The maximum Gasteiger partial charge on any atom is 0.152 e. The lowest BCUT2D eigenvalue weighted by Gasteiger charge is -2.28. The van der Waals surface area contributed by atoms with Gasteiger partial charge in [0.1, 0.15) is 5.82 Å². The van der Waals surface area contributed by atoms with E-state index < -0.39 is 9.84 Å². The fourth-order valence-corrected chi connectivity index (χ4v) is 5.62. The van der Waals surface area contributed by atoms with Gasteiger partial charge in [0.15, 0.2) is 15.7 Å². The highest BCUT2D eigenvalue weighted by atomic mass is 32.2. The monoisotopic (exact) mass is 378 g/mol. The molecule has 0 spiro atoms. The van der Waals surface area contributed by atoms with Crippen molar-refractivity contribution in [3.05, 3.63) is 30.4 Å². The van der Waals surface area contributed by atoms with E-state index in [0.29, 0.717) is 18.9 Å². The van der Waals surface area contributed by atoms with Gasteiger partial charge < -0.3 is 9.47 Å². The summed E-state index contributed by atoms with van der Waals surface area (Å²) in [6.07, 6.45) is 9.20. The first kappa shape index (κ1) is 17.7. The van der Waals surface area contributed by atoms with Crippen molar-refractivity contribution < 1.29 is 8.42 Å². The Bertz CT molecular complexity index is 837. The van der Waals surface area contributed by atoms with E-state index in [9.17, 15) is 8.42 Å². The topological polar surface area (TPSA) is 85.9 Å². The predicted octanol–water partition coefficient (Wildman–Crippen LogP) is 0.767. The molecule has 0 N–H and O–H groups in total. The molecule has 4 rings (SSSR count). The van der Waals surface area contributed by atoms with Gasteiger partial charge in [0, 0.05) is 18.8 Å². The fraction of sp³-hybridized carbons (Fsp3) is 0.706. The molecule has 0 amide bonds. The van der Waals surface area contributed by atoms with Crippen molar-refractivity contribution in [2.75, 3.05) is 31.6 Å². The second-order valence-corrected chi connectivity index (χ2v) is 9.86. The number of imidazole rings is 1. The van der Waals surface area contributed by atoms with Gasteiger partial charge in [-0.25, -0.2) is 23.1 Å². The first-order chi connectivity index (χ1) is 12.5. The average molecular weight is 379 g/mol. The number of sulfone groups is 1. The summed E-state index contributed by atoms with van der Waals surface area (Å²) in [5, 5.41) is 4.75. The standard InChI is InChI=1S/C17H26N6O2S/c1-21-6-2-14(3-7-21)10-16-19-17(11-22-8-5-18-13-22)23(20-16)15-4-9-26(24,25)12-15/h5,8,13-15H,2-4,6-7,9-12H2,1H3/t15-/m1/s1. The molecule has 0 unspecified atom stereocenters. The molecule has 0 radical (unpaired) electrons. The van der Waals surface area contributed by atoms with Crippen molar-refractivity contribution in [2.24, 2.45) is 5.92 Å². The highest BCUT2D eigenvalue weighted by Crippen LogP contribution is 2.26. The van der Waals surface area contributed by atoms with Crippen LogP contribution in [0.3, 0.4) is 0 Å². The predicted molar refractivity (Wildman–Crippen MR) is 97.6 cm³/mol. The molecule has 26 heavy (non-hydrogen) atoms. The smallest absolute Gasteiger partial charge is 0.152 e. The molecule has 2 aliphatic heterocycles. The van der Waals surface area contributed by atoms with Crippen LogP contribution in [-0.4, -0.2) is 69.3 Å². The quantitative estimate of drug-likeness (QED) is 0.764. The average Bonchev–Trinajstić information content (AvgIpc) is 3.31. The molecule has 4 heterocycles. The van der Waals surface area contributed by atoms with Crippen molar-refractivity contribution in [3.8, 4) is 0 Å². The Morgan fingerprint density at radius 2 is 2.04 bits per heavy atom. The Labute approximate surface area is 154 Å². The van der Waals surface area contributed by atoms with Gasteiger partial charge in [-0.1, -0.05) is 0 Å². The molecule has 2 aliphatic rings. The summed E-state index contributed by atoms with van der Waals surface area (Å²) in [4.78, 5) is 11.2. The van der Waals surface area contributed by atoms with Crippen molar-refractivity contribution in [1.29, 1.82) is 0 Å². The SMILES string of the molecule is CN1CCC(Cc2nc(Cn3ccnc3)n([C@@H]3CCS(=O)(=O)C3)n2)CC1. The lowest BCUT2D eigenvalue weighted by Crippen LogP contribution is -2.31. The maximum atomic E-state index is 11.9. The molecule has 2 fully saturated rings. The van der Waals surface area contributed by atoms with E-state index in [0.717, 1.165) is 31.2 Å². The van der Waals surface area contributed by atoms with Crippen LogP contribution in [0.15, 0.2) is 18.7 Å². The molecule has 8 nitrogen and oxygen atoms in total. The summed E-state index contributed by atoms with van der Waals surface area (Å²) in [7, 11) is -0.800. The number of rotatable bonds is 5. The number of hydrogen-bond acceptors (Lipinski definition) is 6. The van der Waals surface area contributed by atoms with E-state index in [4.69, 9.17) is 10.1 Å². The number of piperidine rings is 1. The van der Waals surface area contributed by atoms with Gasteiger partial charge in [-0.3, -0.25) is 0 Å². The van der Waals surface area contributed by atoms with Crippen LogP contribution in [0, 0.1) is 5.92 Å². The highest BCUT2D eigenvalue weighted by Gasteiger charge is 2.32. The lowest BCUT2D eigenvalue weighted by molar-refractivity contribution is 0.217. The van der Waals surface area contributed by atoms with Crippen molar-refractivity contribution in [1.82, 2.24) is 29.2 Å². The first-order valence-electron chi connectivity index (χ1n) is 9.27. The van der Waals surface area contributed by atoms with E-state index in [1.54, 1.807) is 12.5 Å². The minimum Gasteiger partial charge on any atom is -0.330 e. The minimum absolute atomic E-state index is 0.0998. The number of aromatic nitrogens is 5. The van der Waals surface area contributed by atoms with Gasteiger partial charge in [-0.15, -0.1) is 0 Å². The van der Waals surface area contributed by atoms with Gasteiger partial charge in [-0.2, -0.15) is 5.10 Å². The van der Waals surface area contributed by atoms with Crippen molar-refractivity contribution >= 4 is 9.84 Å². The third kappa shape index (κ3) is 3.98. The molecule has 2 aromatic heterocycles. The Kier molecular flexibility index (Phi) is 4.83.